The third-order valence-corrected chi connectivity index (χ3v) is 3.72. The van der Waals surface area contributed by atoms with Gasteiger partial charge < -0.3 is 14.6 Å². The Bertz CT molecular complexity index is 654. The third-order valence-electron chi connectivity index (χ3n) is 3.72. The largest absolute Gasteiger partial charge is 0.507 e. The highest BCUT2D eigenvalue weighted by Gasteiger charge is 2.17. The summed E-state index contributed by atoms with van der Waals surface area (Å²) in [5.41, 5.74) is 3.41. The van der Waals surface area contributed by atoms with Crippen LogP contribution in [-0.2, 0) is 13.1 Å². The fraction of sp³-hybridized carbons (Fsp3) is 0.294. The molecule has 0 spiro atoms. The smallest absolute Gasteiger partial charge is 0.231 e. The number of rotatable bonds is 4. The van der Waals surface area contributed by atoms with Gasteiger partial charge in [0, 0.05) is 24.7 Å². The van der Waals surface area contributed by atoms with Gasteiger partial charge in [-0.1, -0.05) is 24.3 Å². The van der Waals surface area contributed by atoms with Gasteiger partial charge in [0.2, 0.25) is 6.79 Å². The SMILES string of the molecule is Cc1ccccc1CN(C)Cc1cc2c(cc1O)OCO2. The Labute approximate surface area is 124 Å². The first-order chi connectivity index (χ1) is 10.1. The van der Waals surface area contributed by atoms with Crippen LogP contribution in [0, 0.1) is 6.92 Å². The number of ether oxygens (including phenoxy) is 2. The maximum atomic E-state index is 10.1. The molecule has 0 aliphatic carbocycles. The van der Waals surface area contributed by atoms with Crippen molar-refractivity contribution in [3.63, 3.8) is 0 Å². The van der Waals surface area contributed by atoms with Crippen molar-refractivity contribution in [2.75, 3.05) is 13.8 Å². The van der Waals surface area contributed by atoms with Crippen molar-refractivity contribution < 1.29 is 14.6 Å². The maximum absolute atomic E-state index is 10.1. The molecule has 110 valence electrons. The lowest BCUT2D eigenvalue weighted by Crippen LogP contribution is -2.17. The molecule has 0 aromatic heterocycles. The molecule has 0 atom stereocenters. The molecular formula is C17H19NO3. The highest BCUT2D eigenvalue weighted by atomic mass is 16.7. The predicted molar refractivity (Wildman–Crippen MR) is 80.6 cm³/mol. The molecule has 2 aromatic carbocycles. The second-order valence-corrected chi connectivity index (χ2v) is 5.43. The normalized spacial score (nSPS) is 12.9. The summed E-state index contributed by atoms with van der Waals surface area (Å²) in [5.74, 6) is 1.56. The van der Waals surface area contributed by atoms with Crippen molar-refractivity contribution >= 4 is 0 Å². The summed E-state index contributed by atoms with van der Waals surface area (Å²) in [7, 11) is 2.04. The van der Waals surface area contributed by atoms with Crippen molar-refractivity contribution in [3.05, 3.63) is 53.1 Å². The van der Waals surface area contributed by atoms with E-state index in [1.54, 1.807) is 6.07 Å². The summed E-state index contributed by atoms with van der Waals surface area (Å²) in [6, 6.07) is 11.8. The number of fused-ring (bicyclic) bond motifs is 1. The molecule has 4 nitrogen and oxygen atoms in total. The molecule has 0 radical (unpaired) electrons. The minimum Gasteiger partial charge on any atom is -0.507 e. The monoisotopic (exact) mass is 285 g/mol. The molecule has 1 aliphatic heterocycles. The third kappa shape index (κ3) is 2.95. The second kappa shape index (κ2) is 5.66. The lowest BCUT2D eigenvalue weighted by molar-refractivity contribution is 0.174. The van der Waals surface area contributed by atoms with E-state index in [2.05, 4.69) is 24.0 Å². The topological polar surface area (TPSA) is 41.9 Å². The van der Waals surface area contributed by atoms with E-state index in [9.17, 15) is 5.11 Å². The molecule has 2 aromatic rings. The number of hydrogen-bond donors (Lipinski definition) is 1. The molecule has 1 aliphatic rings. The van der Waals surface area contributed by atoms with Crippen LogP contribution in [0.15, 0.2) is 36.4 Å². The van der Waals surface area contributed by atoms with Crippen molar-refractivity contribution in [1.82, 2.24) is 4.90 Å². The summed E-state index contributed by atoms with van der Waals surface area (Å²) in [6.45, 7) is 3.82. The standard InChI is InChI=1S/C17H19NO3/c1-12-5-3-4-6-13(12)9-18(2)10-14-7-16-17(8-15(14)19)21-11-20-16/h3-8,19H,9-11H2,1-2H3. The summed E-state index contributed by atoms with van der Waals surface area (Å²) in [5, 5.41) is 10.1. The van der Waals surface area contributed by atoms with Crippen LogP contribution in [0.25, 0.3) is 0 Å². The number of benzene rings is 2. The van der Waals surface area contributed by atoms with Crippen LogP contribution < -0.4 is 9.47 Å². The molecule has 4 heteroatoms. The van der Waals surface area contributed by atoms with Gasteiger partial charge in [-0.25, -0.2) is 0 Å². The van der Waals surface area contributed by atoms with Crippen molar-refractivity contribution in [2.45, 2.75) is 20.0 Å². The average Bonchev–Trinajstić information content (AvgIpc) is 2.89. The van der Waals surface area contributed by atoms with E-state index >= 15 is 0 Å². The van der Waals surface area contributed by atoms with E-state index in [4.69, 9.17) is 9.47 Å². The average molecular weight is 285 g/mol. The molecule has 0 saturated carbocycles. The van der Waals surface area contributed by atoms with Crippen LogP contribution in [0.2, 0.25) is 0 Å². The summed E-state index contributed by atoms with van der Waals surface area (Å²) < 4.78 is 10.6. The van der Waals surface area contributed by atoms with Gasteiger partial charge in [-0.15, -0.1) is 0 Å². The molecule has 0 fully saturated rings. The van der Waals surface area contributed by atoms with Crippen molar-refractivity contribution in [2.24, 2.45) is 0 Å². The zero-order chi connectivity index (χ0) is 14.8. The molecule has 0 amide bonds. The summed E-state index contributed by atoms with van der Waals surface area (Å²) >= 11 is 0. The van der Waals surface area contributed by atoms with Crippen LogP contribution in [0.3, 0.4) is 0 Å². The molecular weight excluding hydrogens is 266 g/mol. The quantitative estimate of drug-likeness (QED) is 0.937. The Morgan fingerprint density at radius 3 is 2.48 bits per heavy atom. The molecule has 0 unspecified atom stereocenters. The molecule has 1 heterocycles. The van der Waals surface area contributed by atoms with Gasteiger partial charge in [-0.3, -0.25) is 4.90 Å². The van der Waals surface area contributed by atoms with Gasteiger partial charge in [-0.05, 0) is 31.2 Å². The summed E-state index contributed by atoms with van der Waals surface area (Å²) in [6.07, 6.45) is 0. The minimum atomic E-state index is 0.220. The Balaban J connectivity index is 1.73. The van der Waals surface area contributed by atoms with E-state index in [0.29, 0.717) is 18.0 Å². The number of aryl methyl sites for hydroxylation is 1. The Morgan fingerprint density at radius 1 is 1.05 bits per heavy atom. The lowest BCUT2D eigenvalue weighted by atomic mass is 10.1. The fourth-order valence-electron chi connectivity index (χ4n) is 2.52. The Hall–Kier alpha value is -2.20. The van der Waals surface area contributed by atoms with E-state index in [1.807, 2.05) is 25.2 Å². The number of nitrogens with zero attached hydrogens (tertiary/aromatic N) is 1. The van der Waals surface area contributed by atoms with Crippen LogP contribution in [0.4, 0.5) is 0 Å². The zero-order valence-corrected chi connectivity index (χ0v) is 12.3. The van der Waals surface area contributed by atoms with Crippen LogP contribution >= 0.6 is 0 Å². The highest BCUT2D eigenvalue weighted by molar-refractivity contribution is 5.51. The maximum Gasteiger partial charge on any atom is 0.231 e. The van der Waals surface area contributed by atoms with Crippen LogP contribution in [0.5, 0.6) is 17.2 Å². The van der Waals surface area contributed by atoms with Gasteiger partial charge in [0.25, 0.3) is 0 Å². The molecule has 1 N–H and O–H groups in total. The molecule has 21 heavy (non-hydrogen) atoms. The number of aromatic hydroxyl groups is 1. The van der Waals surface area contributed by atoms with E-state index in [-0.39, 0.29) is 12.5 Å². The number of hydrogen-bond acceptors (Lipinski definition) is 4. The van der Waals surface area contributed by atoms with Gasteiger partial charge in [0.05, 0.1) is 0 Å². The first-order valence-corrected chi connectivity index (χ1v) is 6.98. The van der Waals surface area contributed by atoms with Crippen molar-refractivity contribution in [1.29, 1.82) is 0 Å². The highest BCUT2D eigenvalue weighted by Crippen LogP contribution is 2.38. The second-order valence-electron chi connectivity index (χ2n) is 5.43. The van der Waals surface area contributed by atoms with Gasteiger partial charge in [0.1, 0.15) is 5.75 Å². The predicted octanol–water partition coefficient (Wildman–Crippen LogP) is 3.06. The molecule has 3 rings (SSSR count). The van der Waals surface area contributed by atoms with E-state index in [1.165, 1.54) is 11.1 Å². The van der Waals surface area contributed by atoms with Gasteiger partial charge in [0.15, 0.2) is 11.5 Å². The molecule has 0 bridgehead atoms. The number of phenols is 1. The summed E-state index contributed by atoms with van der Waals surface area (Å²) in [4.78, 5) is 2.17. The van der Waals surface area contributed by atoms with Crippen LogP contribution in [0.1, 0.15) is 16.7 Å². The molecule has 0 saturated heterocycles. The van der Waals surface area contributed by atoms with Crippen LogP contribution in [-0.4, -0.2) is 23.8 Å². The Morgan fingerprint density at radius 2 is 1.71 bits per heavy atom. The number of phenolic OH excluding ortho intramolecular Hbond substituents is 1. The van der Waals surface area contributed by atoms with Gasteiger partial charge >= 0.3 is 0 Å². The fourth-order valence-corrected chi connectivity index (χ4v) is 2.52. The lowest BCUT2D eigenvalue weighted by Gasteiger charge is -2.19. The Kier molecular flexibility index (Phi) is 3.71. The first-order valence-electron chi connectivity index (χ1n) is 6.98. The zero-order valence-electron chi connectivity index (χ0n) is 12.3. The van der Waals surface area contributed by atoms with E-state index in [0.717, 1.165) is 12.1 Å². The van der Waals surface area contributed by atoms with E-state index < -0.39 is 0 Å². The van der Waals surface area contributed by atoms with Gasteiger partial charge in [-0.2, -0.15) is 0 Å². The minimum absolute atomic E-state index is 0.220. The van der Waals surface area contributed by atoms with Crippen molar-refractivity contribution in [3.8, 4) is 17.2 Å². The first kappa shape index (κ1) is 13.8.